The van der Waals surface area contributed by atoms with E-state index in [0.29, 0.717) is 32.5 Å². The number of carboxylic acids is 1. The highest BCUT2D eigenvalue weighted by atomic mass is 19.4. The Labute approximate surface area is 155 Å². The largest absolute Gasteiger partial charge is 0.481 e. The van der Waals surface area contributed by atoms with Gasteiger partial charge in [-0.1, -0.05) is 18.2 Å². The maximum absolute atomic E-state index is 13.2. The van der Waals surface area contributed by atoms with E-state index in [2.05, 4.69) is 0 Å². The SMILES string of the molecule is O=C(O)CCN(C(=O)[C@H]1C[C@@H]1c1ccccc1C(F)(F)F)C1CCOCC1. The highest BCUT2D eigenvalue weighted by Crippen LogP contribution is 2.52. The van der Waals surface area contributed by atoms with E-state index in [1.165, 1.54) is 12.1 Å². The highest BCUT2D eigenvalue weighted by molar-refractivity contribution is 5.84. The molecule has 0 aromatic heterocycles. The Morgan fingerprint density at radius 2 is 1.85 bits per heavy atom. The summed E-state index contributed by atoms with van der Waals surface area (Å²) >= 11 is 0. The van der Waals surface area contributed by atoms with E-state index in [-0.39, 0.29) is 30.5 Å². The molecular weight excluding hydrogens is 363 g/mol. The van der Waals surface area contributed by atoms with Gasteiger partial charge in [0.2, 0.25) is 5.91 Å². The Morgan fingerprint density at radius 3 is 2.48 bits per heavy atom. The van der Waals surface area contributed by atoms with Crippen LogP contribution in [0.3, 0.4) is 0 Å². The number of carboxylic acid groups (broad SMARTS) is 1. The van der Waals surface area contributed by atoms with Gasteiger partial charge < -0.3 is 14.7 Å². The third-order valence-corrected chi connectivity index (χ3v) is 5.25. The Bertz CT molecular complexity index is 700. The van der Waals surface area contributed by atoms with Crippen molar-refractivity contribution >= 4 is 11.9 Å². The zero-order valence-corrected chi connectivity index (χ0v) is 14.7. The van der Waals surface area contributed by atoms with E-state index in [1.54, 1.807) is 11.0 Å². The van der Waals surface area contributed by atoms with Crippen molar-refractivity contribution in [2.75, 3.05) is 19.8 Å². The van der Waals surface area contributed by atoms with Gasteiger partial charge in [-0.2, -0.15) is 13.2 Å². The second-order valence-electron chi connectivity index (χ2n) is 7.05. The number of carbonyl (C=O) groups is 2. The number of hydrogen-bond donors (Lipinski definition) is 1. The Kier molecular flexibility index (Phi) is 5.74. The van der Waals surface area contributed by atoms with Gasteiger partial charge in [-0.05, 0) is 36.8 Å². The first-order chi connectivity index (χ1) is 12.8. The summed E-state index contributed by atoms with van der Waals surface area (Å²) in [5, 5.41) is 8.97. The molecule has 8 heteroatoms. The molecule has 2 aliphatic rings. The molecule has 0 spiro atoms. The highest BCUT2D eigenvalue weighted by Gasteiger charge is 2.49. The Morgan fingerprint density at radius 1 is 1.19 bits per heavy atom. The standard InChI is InChI=1S/C19H22F3NO4/c20-19(21,22)16-4-2-1-3-13(16)14-11-15(14)18(26)23(8-5-17(24)25)12-6-9-27-10-7-12/h1-4,12,14-15H,5-11H2,(H,24,25)/t14-,15+/m1/s1. The molecule has 1 aliphatic carbocycles. The predicted octanol–water partition coefficient (Wildman–Crippen LogP) is 3.29. The summed E-state index contributed by atoms with van der Waals surface area (Å²) in [6, 6.07) is 5.23. The second-order valence-corrected chi connectivity index (χ2v) is 7.05. The molecule has 0 radical (unpaired) electrons. The fourth-order valence-corrected chi connectivity index (χ4v) is 3.79. The molecule has 0 unspecified atom stereocenters. The molecule has 1 heterocycles. The molecule has 0 bridgehead atoms. The van der Waals surface area contributed by atoms with Crippen molar-refractivity contribution in [2.45, 2.75) is 43.8 Å². The molecule has 1 aromatic rings. The third kappa shape index (κ3) is 4.61. The van der Waals surface area contributed by atoms with Crippen molar-refractivity contribution in [2.24, 2.45) is 5.92 Å². The molecule has 1 N–H and O–H groups in total. The number of nitrogens with zero attached hydrogens (tertiary/aromatic N) is 1. The topological polar surface area (TPSA) is 66.8 Å². The average Bonchev–Trinajstić information content (AvgIpc) is 3.42. The summed E-state index contributed by atoms with van der Waals surface area (Å²) in [7, 11) is 0. The van der Waals surface area contributed by atoms with Crippen molar-refractivity contribution in [3.63, 3.8) is 0 Å². The van der Waals surface area contributed by atoms with Crippen molar-refractivity contribution < 1.29 is 32.6 Å². The molecule has 2 fully saturated rings. The van der Waals surface area contributed by atoms with Crippen LogP contribution in [0.2, 0.25) is 0 Å². The second kappa shape index (κ2) is 7.88. The van der Waals surface area contributed by atoms with Gasteiger partial charge in [0.1, 0.15) is 0 Å². The van der Waals surface area contributed by atoms with Crippen molar-refractivity contribution in [3.8, 4) is 0 Å². The molecule has 1 saturated heterocycles. The van der Waals surface area contributed by atoms with Gasteiger partial charge in [-0.15, -0.1) is 0 Å². The fraction of sp³-hybridized carbons (Fsp3) is 0.579. The Hall–Kier alpha value is -2.09. The monoisotopic (exact) mass is 385 g/mol. The first-order valence-electron chi connectivity index (χ1n) is 9.05. The lowest BCUT2D eigenvalue weighted by atomic mass is 10.0. The van der Waals surface area contributed by atoms with E-state index < -0.39 is 29.5 Å². The summed E-state index contributed by atoms with van der Waals surface area (Å²) < 4.78 is 45.0. The smallest absolute Gasteiger partial charge is 0.416 e. The van der Waals surface area contributed by atoms with Crippen LogP contribution in [0.4, 0.5) is 13.2 Å². The maximum atomic E-state index is 13.2. The average molecular weight is 385 g/mol. The molecule has 2 atom stereocenters. The number of rotatable bonds is 6. The van der Waals surface area contributed by atoms with Crippen LogP contribution in [-0.4, -0.2) is 47.7 Å². The fourth-order valence-electron chi connectivity index (χ4n) is 3.79. The van der Waals surface area contributed by atoms with Crippen LogP contribution in [0.1, 0.15) is 42.7 Å². The molecule has 3 rings (SSSR count). The number of benzene rings is 1. The summed E-state index contributed by atoms with van der Waals surface area (Å²) in [5.41, 5.74) is -0.554. The van der Waals surface area contributed by atoms with Crippen LogP contribution in [0.5, 0.6) is 0 Å². The summed E-state index contributed by atoms with van der Waals surface area (Å²) in [4.78, 5) is 25.5. The molecule has 148 valence electrons. The van der Waals surface area contributed by atoms with E-state index in [0.717, 1.165) is 6.07 Å². The number of amides is 1. The third-order valence-electron chi connectivity index (χ3n) is 5.25. The molecular formula is C19H22F3NO4. The van der Waals surface area contributed by atoms with Crippen molar-refractivity contribution in [1.29, 1.82) is 0 Å². The van der Waals surface area contributed by atoms with Crippen LogP contribution in [0.25, 0.3) is 0 Å². The Balaban J connectivity index is 1.75. The zero-order valence-electron chi connectivity index (χ0n) is 14.7. The van der Waals surface area contributed by atoms with Crippen molar-refractivity contribution in [1.82, 2.24) is 4.90 Å². The van der Waals surface area contributed by atoms with Gasteiger partial charge in [0.15, 0.2) is 0 Å². The summed E-state index contributed by atoms with van der Waals surface area (Å²) in [6.45, 7) is 1.06. The number of carbonyl (C=O) groups excluding carboxylic acids is 1. The van der Waals surface area contributed by atoms with E-state index in [4.69, 9.17) is 9.84 Å². The molecule has 5 nitrogen and oxygen atoms in total. The minimum Gasteiger partial charge on any atom is -0.481 e. The van der Waals surface area contributed by atoms with E-state index in [1.807, 2.05) is 0 Å². The lowest BCUT2D eigenvalue weighted by Crippen LogP contribution is -2.45. The number of hydrogen-bond acceptors (Lipinski definition) is 3. The summed E-state index contributed by atoms with van der Waals surface area (Å²) in [5.74, 6) is -2.24. The van der Waals surface area contributed by atoms with Gasteiger partial charge in [-0.3, -0.25) is 9.59 Å². The quantitative estimate of drug-likeness (QED) is 0.816. The van der Waals surface area contributed by atoms with Gasteiger partial charge in [0, 0.05) is 31.7 Å². The van der Waals surface area contributed by atoms with Crippen LogP contribution in [-0.2, 0) is 20.5 Å². The normalized spacial score (nSPS) is 23.1. The van der Waals surface area contributed by atoms with Crippen LogP contribution in [0, 0.1) is 5.92 Å². The van der Waals surface area contributed by atoms with E-state index in [9.17, 15) is 22.8 Å². The predicted molar refractivity (Wildman–Crippen MR) is 90.1 cm³/mol. The molecule has 27 heavy (non-hydrogen) atoms. The number of alkyl halides is 3. The van der Waals surface area contributed by atoms with Gasteiger partial charge >= 0.3 is 12.1 Å². The summed E-state index contributed by atoms with van der Waals surface area (Å²) in [6.07, 6.45) is -3.06. The number of aliphatic carboxylic acids is 1. The van der Waals surface area contributed by atoms with E-state index >= 15 is 0 Å². The van der Waals surface area contributed by atoms with Crippen LogP contribution >= 0.6 is 0 Å². The lowest BCUT2D eigenvalue weighted by molar-refractivity contribution is -0.142. The zero-order chi connectivity index (χ0) is 19.6. The van der Waals surface area contributed by atoms with Crippen LogP contribution in [0.15, 0.2) is 24.3 Å². The molecule has 1 amide bonds. The first-order valence-corrected chi connectivity index (χ1v) is 9.05. The van der Waals surface area contributed by atoms with Crippen LogP contribution < -0.4 is 0 Å². The number of ether oxygens (including phenoxy) is 1. The molecule has 1 aliphatic heterocycles. The van der Waals surface area contributed by atoms with Crippen molar-refractivity contribution in [3.05, 3.63) is 35.4 Å². The minimum atomic E-state index is -4.46. The van der Waals surface area contributed by atoms with Gasteiger partial charge in [0.05, 0.1) is 12.0 Å². The van der Waals surface area contributed by atoms with Gasteiger partial charge in [0.25, 0.3) is 0 Å². The number of halogens is 3. The molecule has 1 aromatic carbocycles. The molecule has 1 saturated carbocycles. The maximum Gasteiger partial charge on any atom is 0.416 e. The minimum absolute atomic E-state index is 0.0724. The lowest BCUT2D eigenvalue weighted by Gasteiger charge is -2.34. The first kappa shape index (κ1) is 19.7. The van der Waals surface area contributed by atoms with Gasteiger partial charge in [-0.25, -0.2) is 0 Å².